The number of carbonyl (C=O) groups excluding carboxylic acids is 1. The number of hydrogen-bond donors (Lipinski definition) is 1. The average Bonchev–Trinajstić information content (AvgIpc) is 4.01. The molecule has 6 aliphatic rings. The molecule has 0 spiro atoms. The molecule has 73 heavy (non-hydrogen) atoms. The van der Waals surface area contributed by atoms with Gasteiger partial charge in [-0.1, -0.05) is 101 Å². The maximum Gasteiger partial charge on any atom is 0.123 e. The van der Waals surface area contributed by atoms with Crippen LogP contribution in [0, 0.1) is 34.3 Å². The van der Waals surface area contributed by atoms with Gasteiger partial charge in [-0.2, -0.15) is 20.1 Å². The summed E-state index contributed by atoms with van der Waals surface area (Å²) >= 11 is 8.03. The Labute approximate surface area is 453 Å². The Morgan fingerprint density at radius 1 is 0.644 bits per heavy atom. The molecule has 2 aromatic heterocycles. The summed E-state index contributed by atoms with van der Waals surface area (Å²) in [5.41, 5.74) is 11.5. The van der Waals surface area contributed by atoms with E-state index >= 15 is 0 Å². The normalized spacial score (nSPS) is 24.1. The Kier molecular flexibility index (Phi) is 19.3. The van der Waals surface area contributed by atoms with Crippen LogP contribution in [-0.4, -0.2) is 60.1 Å². The molecule has 388 valence electrons. The number of aromatic nitrogens is 4. The second kappa shape index (κ2) is 24.8. The number of allylic oxidation sites excluding steroid dienone is 2. The lowest BCUT2D eigenvalue weighted by molar-refractivity contribution is -0.114. The van der Waals surface area contributed by atoms with Gasteiger partial charge in [-0.25, -0.2) is 18.1 Å². The van der Waals surface area contributed by atoms with Crippen LogP contribution in [0.2, 0.25) is 0 Å². The molecule has 0 amide bonds. The van der Waals surface area contributed by atoms with E-state index in [9.17, 15) is 18.7 Å². The van der Waals surface area contributed by atoms with Gasteiger partial charge in [-0.05, 0) is 181 Å². The summed E-state index contributed by atoms with van der Waals surface area (Å²) in [5, 5.41) is 21.4. The van der Waals surface area contributed by atoms with Crippen LogP contribution in [0.25, 0.3) is 23.5 Å². The van der Waals surface area contributed by atoms with Gasteiger partial charge in [-0.15, -0.1) is 47.0 Å². The smallest absolute Gasteiger partial charge is 0.123 e. The lowest BCUT2D eigenvalue weighted by Crippen LogP contribution is -2.50. The van der Waals surface area contributed by atoms with Crippen molar-refractivity contribution in [1.82, 2.24) is 19.6 Å². The van der Waals surface area contributed by atoms with Gasteiger partial charge >= 0.3 is 0 Å². The van der Waals surface area contributed by atoms with E-state index in [2.05, 4.69) is 120 Å². The quantitative estimate of drug-likeness (QED) is 0.125. The first kappa shape index (κ1) is 56.8. The number of thioether (sulfide) groups is 4. The molecular weight excluding hydrogens is 1010 g/mol. The summed E-state index contributed by atoms with van der Waals surface area (Å²) in [6.45, 7) is 4.57. The number of hydrogen-bond acceptors (Lipinski definition) is 8. The largest absolute Gasteiger partial charge is 0.390 e. The maximum atomic E-state index is 13.5. The number of carbonyl (C=O) groups is 1. The third-order valence-corrected chi connectivity index (χ3v) is 22.1. The predicted molar refractivity (Wildman–Crippen MR) is 314 cm³/mol. The molecule has 1 unspecified atom stereocenters. The van der Waals surface area contributed by atoms with Gasteiger partial charge in [0.1, 0.15) is 22.0 Å². The predicted octanol–water partition coefficient (Wildman–Crippen LogP) is 15.7. The Morgan fingerprint density at radius 2 is 1.12 bits per heavy atom. The number of aliphatic hydroxyl groups is 1. The van der Waals surface area contributed by atoms with Gasteiger partial charge in [0.2, 0.25) is 0 Å². The molecule has 6 nitrogen and oxygen atoms in total. The molecule has 0 radical (unpaired) electrons. The van der Waals surface area contributed by atoms with Crippen LogP contribution in [-0.2, 0) is 21.7 Å². The third kappa shape index (κ3) is 11.6. The molecule has 0 bridgehead atoms. The average molecular weight is 1080 g/mol. The highest BCUT2D eigenvalue weighted by Gasteiger charge is 2.54. The molecule has 1 N–H and O–H groups in total. The van der Waals surface area contributed by atoms with Crippen molar-refractivity contribution in [2.45, 2.75) is 108 Å². The molecule has 6 atom stereocenters. The monoisotopic (exact) mass is 1080 g/mol. The van der Waals surface area contributed by atoms with E-state index in [1.807, 2.05) is 45.3 Å². The zero-order chi connectivity index (χ0) is 48.3. The standard InChI is InChI=1S/C29H31FN2OS2.C19H19FN2O.C10H12S2.2CH4.H3P/c1-28-18-20-19-31-32(24-13-11-23(30)12-14-24)26(20)17-22(28)9-5-10-25(28)27(33)29(34-15-6-16-35-29)21-7-3-2-4-8-21;1-19-10-13-11-21-22(17-7-5-16(20)6-8-17)18(13)9-14(19)3-2-4-15(19)12-23;1-2-5-9(6-3-1)10-11-7-4-8-12-10;;;/h2-4,7-8,11-14,17,19,25,27,33H,5-6,9-10,15-16,18H2,1H3;5-9,11-12,15H,2-4,10H2,1H3;1-3,5-6,10H,4,7-8H2;2*1H4;1H3/t25-,27-,28+;15-,19+;;;;/m11..../s1. The molecule has 2 aliphatic heterocycles. The second-order valence-corrected chi connectivity index (χ2v) is 25.6. The minimum absolute atomic E-state index is 0. The number of aldehydes is 1. The summed E-state index contributed by atoms with van der Waals surface area (Å²) in [6, 6.07) is 34.4. The first-order valence-electron chi connectivity index (χ1n) is 24.9. The molecule has 4 fully saturated rings. The lowest BCUT2D eigenvalue weighted by atomic mass is 9.57. The summed E-state index contributed by atoms with van der Waals surface area (Å²) in [6.07, 6.45) is 19.6. The number of aliphatic hydroxyl groups excluding tert-OH is 1. The molecule has 13 heteroatoms. The number of fused-ring (bicyclic) bond motifs is 4. The fraction of sp³-hybridized carbons (Fsp3) is 0.417. The van der Waals surface area contributed by atoms with Crippen molar-refractivity contribution < 1.29 is 18.7 Å². The van der Waals surface area contributed by atoms with E-state index in [0.717, 1.165) is 97.5 Å². The van der Waals surface area contributed by atoms with E-state index in [1.165, 1.54) is 76.4 Å². The summed E-state index contributed by atoms with van der Waals surface area (Å²) in [5.74, 6) is 4.59. The maximum absolute atomic E-state index is 13.5. The van der Waals surface area contributed by atoms with Crippen molar-refractivity contribution in [3.63, 3.8) is 0 Å². The van der Waals surface area contributed by atoms with Crippen LogP contribution >= 0.6 is 56.9 Å². The molecule has 2 saturated heterocycles. The van der Waals surface area contributed by atoms with Crippen LogP contribution in [0.1, 0.15) is 118 Å². The first-order valence-corrected chi connectivity index (χ1v) is 29.0. The molecule has 4 heterocycles. The van der Waals surface area contributed by atoms with Crippen molar-refractivity contribution in [2.24, 2.45) is 22.7 Å². The molecule has 4 aromatic carbocycles. The number of nitrogens with zero attached hydrogens (tertiary/aromatic N) is 4. The highest BCUT2D eigenvalue weighted by atomic mass is 32.2. The SMILES string of the molecule is C.C.C[C@]12Cc3cnn(-c4ccc(F)cc4)c3C=C1CCC[C@@H]2C=O.C[C@]12Cc3cnn(-c4ccc(F)cc4)c3C=C1CCC[C@@H]2[C@@H](O)C1(c2ccccc2)SCCCS1.P.c1ccc(C2SCCCS2)cc1. The minimum Gasteiger partial charge on any atom is -0.390 e. The minimum atomic E-state index is -0.442. The lowest BCUT2D eigenvalue weighted by Gasteiger charge is -2.52. The van der Waals surface area contributed by atoms with E-state index in [4.69, 9.17) is 0 Å². The van der Waals surface area contributed by atoms with Crippen LogP contribution < -0.4 is 0 Å². The van der Waals surface area contributed by atoms with E-state index in [-0.39, 0.29) is 63.1 Å². The summed E-state index contributed by atoms with van der Waals surface area (Å²) in [4.78, 5) is 11.5. The number of rotatable bonds is 7. The Morgan fingerprint density at radius 3 is 1.66 bits per heavy atom. The van der Waals surface area contributed by atoms with Gasteiger partial charge in [-0.3, -0.25) is 0 Å². The van der Waals surface area contributed by atoms with Crippen molar-refractivity contribution in [2.75, 3.05) is 23.0 Å². The molecule has 2 saturated carbocycles. The van der Waals surface area contributed by atoms with Crippen molar-refractivity contribution >= 4 is 75.4 Å². The van der Waals surface area contributed by atoms with Crippen LogP contribution in [0.4, 0.5) is 8.78 Å². The van der Waals surface area contributed by atoms with Crippen molar-refractivity contribution in [3.8, 4) is 11.4 Å². The second-order valence-electron chi connectivity index (χ2n) is 19.9. The van der Waals surface area contributed by atoms with E-state index in [0.29, 0.717) is 4.58 Å². The number of halogens is 2. The van der Waals surface area contributed by atoms with Crippen molar-refractivity contribution in [3.05, 3.63) is 178 Å². The van der Waals surface area contributed by atoms with Gasteiger partial charge in [0.15, 0.2) is 0 Å². The third-order valence-electron chi connectivity index (χ3n) is 15.6. The Hall–Kier alpha value is -3.90. The summed E-state index contributed by atoms with van der Waals surface area (Å²) < 4.78 is 30.8. The molecule has 6 aromatic rings. The van der Waals surface area contributed by atoms with Gasteiger partial charge in [0, 0.05) is 11.3 Å². The zero-order valence-corrected chi connectivity index (χ0v) is 45.4. The first-order chi connectivity index (χ1) is 34.1. The van der Waals surface area contributed by atoms with E-state index < -0.39 is 6.10 Å². The number of benzene rings is 4. The van der Waals surface area contributed by atoms with Crippen LogP contribution in [0.3, 0.4) is 0 Å². The molecule has 12 rings (SSSR count). The Bertz CT molecular complexity index is 2810. The zero-order valence-electron chi connectivity index (χ0n) is 40.7. The molecular formula is C60H73F2N4O2PS4. The van der Waals surface area contributed by atoms with E-state index in [1.54, 1.807) is 24.3 Å². The Balaban J connectivity index is 0.000000176. The van der Waals surface area contributed by atoms with Crippen molar-refractivity contribution in [1.29, 1.82) is 0 Å². The van der Waals surface area contributed by atoms with Gasteiger partial charge in [0.05, 0.1) is 45.8 Å². The highest BCUT2D eigenvalue weighted by molar-refractivity contribution is 8.18. The van der Waals surface area contributed by atoms with Crippen LogP contribution in [0.5, 0.6) is 0 Å². The topological polar surface area (TPSA) is 72.9 Å². The molecule has 4 aliphatic carbocycles. The van der Waals surface area contributed by atoms with Crippen LogP contribution in [0.15, 0.2) is 133 Å². The van der Waals surface area contributed by atoms with Gasteiger partial charge in [0.25, 0.3) is 0 Å². The fourth-order valence-corrected chi connectivity index (χ4v) is 18.1. The highest BCUT2D eigenvalue weighted by Crippen LogP contribution is 2.61. The summed E-state index contributed by atoms with van der Waals surface area (Å²) in [7, 11) is 0. The van der Waals surface area contributed by atoms with Gasteiger partial charge < -0.3 is 9.90 Å². The fourth-order valence-electron chi connectivity index (χ4n) is 11.7.